The zero-order valence-corrected chi connectivity index (χ0v) is 18.4. The number of para-hydroxylation sites is 1. The Labute approximate surface area is 196 Å². The van der Waals surface area contributed by atoms with Crippen LogP contribution in [-0.2, 0) is 10.8 Å². The van der Waals surface area contributed by atoms with Gasteiger partial charge in [0.05, 0.1) is 10.8 Å². The Morgan fingerprint density at radius 1 is 0.588 bits per heavy atom. The number of aromatic nitrogens is 2. The van der Waals surface area contributed by atoms with E-state index in [2.05, 4.69) is 84.9 Å². The van der Waals surface area contributed by atoms with Gasteiger partial charge in [-0.3, -0.25) is 0 Å². The normalized spacial score (nSPS) is 22.2. The number of rotatable bonds is 2. The van der Waals surface area contributed by atoms with Crippen LogP contribution in [0.15, 0.2) is 114 Å². The predicted octanol–water partition coefficient (Wildman–Crippen LogP) is 6.76. The Morgan fingerprint density at radius 3 is 1.88 bits per heavy atom. The van der Waals surface area contributed by atoms with Gasteiger partial charge in [0.25, 0.3) is 0 Å². The molecule has 2 heterocycles. The van der Waals surface area contributed by atoms with Crippen LogP contribution < -0.4 is 0 Å². The fourth-order valence-corrected chi connectivity index (χ4v) is 6.70. The fraction of sp³-hybridized carbons (Fsp3) is 0.0968. The Balaban J connectivity index is 1.48. The minimum Gasteiger partial charge on any atom is -0.438 e. The standard InChI is InChI=1S/C31H20N2O/c1-2-10-20(11-3-1)30-19-31(25-15-7-5-13-23(25)30,26-16-8-6-14-24(26)30)29-32-18-22-21-12-4-9-17-27(21)34-28(22)33-29/h1-18H,19H2. The van der Waals surface area contributed by atoms with Crippen molar-refractivity contribution in [3.63, 3.8) is 0 Å². The van der Waals surface area contributed by atoms with E-state index < -0.39 is 5.41 Å². The minimum atomic E-state index is -0.420. The quantitative estimate of drug-likeness (QED) is 0.301. The van der Waals surface area contributed by atoms with Gasteiger partial charge in [-0.15, -0.1) is 0 Å². The summed E-state index contributed by atoms with van der Waals surface area (Å²) in [6.07, 6.45) is 2.83. The zero-order chi connectivity index (χ0) is 22.3. The summed E-state index contributed by atoms with van der Waals surface area (Å²) in [4.78, 5) is 10.1. The van der Waals surface area contributed by atoms with E-state index in [1.165, 1.54) is 27.8 Å². The molecule has 0 fully saturated rings. The molecule has 0 unspecified atom stereocenters. The highest BCUT2D eigenvalue weighted by atomic mass is 16.3. The van der Waals surface area contributed by atoms with E-state index in [0.29, 0.717) is 5.71 Å². The zero-order valence-electron chi connectivity index (χ0n) is 18.4. The van der Waals surface area contributed by atoms with E-state index in [9.17, 15) is 0 Å². The number of benzene rings is 4. The van der Waals surface area contributed by atoms with E-state index in [-0.39, 0.29) is 5.41 Å². The molecule has 0 spiro atoms. The smallest absolute Gasteiger partial charge is 0.230 e. The number of nitrogens with zero attached hydrogens (tertiary/aromatic N) is 2. The molecule has 0 saturated heterocycles. The first kappa shape index (κ1) is 18.2. The molecule has 0 N–H and O–H groups in total. The summed E-state index contributed by atoms with van der Waals surface area (Å²) >= 11 is 0. The molecule has 2 bridgehead atoms. The monoisotopic (exact) mass is 436 g/mol. The Morgan fingerprint density at radius 2 is 1.18 bits per heavy atom. The summed E-state index contributed by atoms with van der Waals surface area (Å²) in [6.45, 7) is 0. The van der Waals surface area contributed by atoms with Crippen LogP contribution in [-0.4, -0.2) is 9.97 Å². The first-order valence-electron chi connectivity index (χ1n) is 11.7. The molecule has 0 amide bonds. The van der Waals surface area contributed by atoms with Gasteiger partial charge in [0, 0.05) is 17.0 Å². The molecule has 3 nitrogen and oxygen atoms in total. The summed E-state index contributed by atoms with van der Waals surface area (Å²) in [5.41, 5.74) is 7.48. The average Bonchev–Trinajstić information content (AvgIpc) is 3.54. The van der Waals surface area contributed by atoms with Crippen LogP contribution in [0.25, 0.3) is 22.1 Å². The van der Waals surface area contributed by atoms with Gasteiger partial charge >= 0.3 is 0 Å². The largest absolute Gasteiger partial charge is 0.438 e. The van der Waals surface area contributed by atoms with E-state index in [4.69, 9.17) is 14.4 Å². The average molecular weight is 437 g/mol. The van der Waals surface area contributed by atoms with Gasteiger partial charge in [-0.05, 0) is 40.3 Å². The minimum absolute atomic E-state index is 0.222. The molecule has 8 rings (SSSR count). The van der Waals surface area contributed by atoms with Crippen molar-refractivity contribution in [1.82, 2.24) is 9.97 Å². The van der Waals surface area contributed by atoms with Crippen molar-refractivity contribution in [3.05, 3.63) is 143 Å². The number of hydrogen-bond acceptors (Lipinski definition) is 3. The Hall–Kier alpha value is -4.24. The van der Waals surface area contributed by atoms with Crippen molar-refractivity contribution in [2.45, 2.75) is 17.3 Å². The SMILES string of the molecule is c1ccc(C23CC(c4ncc5c(n4)oc4ccccc45)(c4ccccc42)c2ccccc23)cc1. The van der Waals surface area contributed by atoms with E-state index >= 15 is 0 Å². The third-order valence-electron chi connectivity index (χ3n) is 8.01. The van der Waals surface area contributed by atoms with Crippen molar-refractivity contribution in [3.8, 4) is 0 Å². The number of hydrogen-bond donors (Lipinski definition) is 0. The van der Waals surface area contributed by atoms with Crippen LogP contribution in [0.2, 0.25) is 0 Å². The molecule has 6 aromatic rings. The lowest BCUT2D eigenvalue weighted by Crippen LogP contribution is -2.28. The molecule has 0 aliphatic heterocycles. The third-order valence-corrected chi connectivity index (χ3v) is 8.01. The number of fused-ring (bicyclic) bond motifs is 11. The molecule has 0 saturated carbocycles. The van der Waals surface area contributed by atoms with Crippen molar-refractivity contribution in [2.75, 3.05) is 0 Å². The molecular weight excluding hydrogens is 416 g/mol. The van der Waals surface area contributed by atoms with Crippen molar-refractivity contribution >= 4 is 22.1 Å². The van der Waals surface area contributed by atoms with Gasteiger partial charge in [0.1, 0.15) is 11.4 Å². The predicted molar refractivity (Wildman–Crippen MR) is 133 cm³/mol. The van der Waals surface area contributed by atoms with Crippen LogP contribution >= 0.6 is 0 Å². The number of furan rings is 1. The van der Waals surface area contributed by atoms with E-state index in [1.54, 1.807) is 0 Å². The van der Waals surface area contributed by atoms with E-state index in [0.717, 1.165) is 28.6 Å². The molecule has 3 heteroatoms. The van der Waals surface area contributed by atoms with Gasteiger partial charge in [0.2, 0.25) is 5.71 Å². The second-order valence-electron chi connectivity index (χ2n) is 9.46. The first-order valence-corrected chi connectivity index (χ1v) is 11.7. The lowest BCUT2D eigenvalue weighted by molar-refractivity contribution is 0.534. The molecule has 0 atom stereocenters. The van der Waals surface area contributed by atoms with Crippen LogP contribution in [0.5, 0.6) is 0 Å². The van der Waals surface area contributed by atoms with Gasteiger partial charge in [-0.25, -0.2) is 4.98 Å². The summed E-state index contributed by atoms with van der Waals surface area (Å²) in [7, 11) is 0. The van der Waals surface area contributed by atoms with Crippen LogP contribution in [0, 0.1) is 0 Å². The van der Waals surface area contributed by atoms with Crippen LogP contribution in [0.1, 0.15) is 40.1 Å². The highest BCUT2D eigenvalue weighted by Crippen LogP contribution is 2.67. The summed E-state index contributed by atoms with van der Waals surface area (Å²) in [6, 6.07) is 36.7. The highest BCUT2D eigenvalue weighted by molar-refractivity contribution is 6.03. The molecule has 34 heavy (non-hydrogen) atoms. The summed E-state index contributed by atoms with van der Waals surface area (Å²) in [5.74, 6) is 0.814. The lowest BCUT2D eigenvalue weighted by atomic mass is 9.69. The van der Waals surface area contributed by atoms with E-state index in [1.807, 2.05) is 24.4 Å². The summed E-state index contributed by atoms with van der Waals surface area (Å²) < 4.78 is 6.19. The van der Waals surface area contributed by atoms with Crippen LogP contribution in [0.3, 0.4) is 0 Å². The van der Waals surface area contributed by atoms with Gasteiger partial charge < -0.3 is 4.42 Å². The topological polar surface area (TPSA) is 38.9 Å². The van der Waals surface area contributed by atoms with Gasteiger partial charge in [-0.1, -0.05) is 97.1 Å². The van der Waals surface area contributed by atoms with Crippen molar-refractivity contribution in [2.24, 2.45) is 0 Å². The molecular formula is C31H20N2O. The molecule has 2 aliphatic carbocycles. The second-order valence-corrected chi connectivity index (χ2v) is 9.46. The highest BCUT2D eigenvalue weighted by Gasteiger charge is 2.63. The van der Waals surface area contributed by atoms with Crippen LogP contribution in [0.4, 0.5) is 0 Å². The Bertz CT molecular complexity index is 1700. The van der Waals surface area contributed by atoms with Crippen molar-refractivity contribution < 1.29 is 4.42 Å². The molecule has 2 aliphatic rings. The fourth-order valence-electron chi connectivity index (χ4n) is 6.70. The Kier molecular flexibility index (Phi) is 3.32. The maximum atomic E-state index is 6.19. The maximum Gasteiger partial charge on any atom is 0.230 e. The molecule has 0 radical (unpaired) electrons. The summed E-state index contributed by atoms with van der Waals surface area (Å²) in [5, 5.41) is 2.02. The van der Waals surface area contributed by atoms with Gasteiger partial charge in [-0.2, -0.15) is 4.98 Å². The maximum absolute atomic E-state index is 6.19. The molecule has 2 aromatic heterocycles. The van der Waals surface area contributed by atoms with Crippen molar-refractivity contribution in [1.29, 1.82) is 0 Å². The molecule has 160 valence electrons. The first-order chi connectivity index (χ1) is 16.8. The third kappa shape index (κ3) is 2.00. The second kappa shape index (κ2) is 6.21. The lowest BCUT2D eigenvalue weighted by Gasteiger charge is -2.33. The van der Waals surface area contributed by atoms with Gasteiger partial charge in [0.15, 0.2) is 0 Å². The molecule has 4 aromatic carbocycles.